The highest BCUT2D eigenvalue weighted by Gasteiger charge is 2.10. The molecule has 5 nitrogen and oxygen atoms in total. The van der Waals surface area contributed by atoms with E-state index in [0.717, 1.165) is 5.56 Å². The normalized spacial score (nSPS) is 12.4. The largest absolute Gasteiger partial charge is 0.482 e. The number of hydrogen-bond acceptors (Lipinski definition) is 5. The van der Waals surface area contributed by atoms with Crippen LogP contribution in [-0.2, 0) is 13.0 Å². The quantitative estimate of drug-likeness (QED) is 0.898. The van der Waals surface area contributed by atoms with Gasteiger partial charge in [0.2, 0.25) is 11.7 Å². The molecule has 0 aliphatic rings. The fourth-order valence-electron chi connectivity index (χ4n) is 1.55. The second-order valence-electron chi connectivity index (χ2n) is 4.23. The van der Waals surface area contributed by atoms with Gasteiger partial charge in [0.05, 0.1) is 0 Å². The van der Waals surface area contributed by atoms with Crippen LogP contribution in [0.3, 0.4) is 0 Å². The molecule has 0 saturated heterocycles. The van der Waals surface area contributed by atoms with Crippen molar-refractivity contribution < 1.29 is 13.7 Å². The van der Waals surface area contributed by atoms with Crippen LogP contribution in [0.4, 0.5) is 4.39 Å². The first-order chi connectivity index (χ1) is 9.10. The fraction of sp³-hybridized carbons (Fsp3) is 0.385. The molecule has 19 heavy (non-hydrogen) atoms. The Kier molecular flexibility index (Phi) is 4.11. The lowest BCUT2D eigenvalue weighted by molar-refractivity contribution is 0.272. The predicted octanol–water partition coefficient (Wildman–Crippen LogP) is 2.37. The first-order valence-electron chi connectivity index (χ1n) is 6.09. The Labute approximate surface area is 110 Å². The van der Waals surface area contributed by atoms with Gasteiger partial charge in [-0.2, -0.15) is 4.98 Å². The number of aryl methyl sites for hydroxylation is 1. The minimum Gasteiger partial charge on any atom is -0.482 e. The van der Waals surface area contributed by atoms with Crippen molar-refractivity contribution in [3.8, 4) is 5.75 Å². The molecule has 0 amide bonds. The van der Waals surface area contributed by atoms with Crippen LogP contribution < -0.4 is 10.5 Å². The van der Waals surface area contributed by atoms with Crippen molar-refractivity contribution in [2.45, 2.75) is 32.9 Å². The molecule has 1 atom stereocenters. The lowest BCUT2D eigenvalue weighted by Crippen LogP contribution is -2.06. The number of benzene rings is 1. The number of nitrogens with two attached hydrogens (primary N) is 1. The summed E-state index contributed by atoms with van der Waals surface area (Å²) < 4.78 is 24.0. The summed E-state index contributed by atoms with van der Waals surface area (Å²) in [6.45, 7) is 3.77. The van der Waals surface area contributed by atoms with Crippen molar-refractivity contribution in [3.05, 3.63) is 41.3 Å². The molecule has 1 unspecified atom stereocenters. The van der Waals surface area contributed by atoms with Crippen LogP contribution >= 0.6 is 0 Å². The van der Waals surface area contributed by atoms with Gasteiger partial charge in [-0.25, -0.2) is 4.39 Å². The standard InChI is InChI=1S/C13H16FN3O2/c1-3-13-16-12(17-19-13)7-18-11-5-4-9(8(2)15)6-10(11)14/h4-6,8H,3,7,15H2,1-2H3. The van der Waals surface area contributed by atoms with Crippen LogP contribution in [0, 0.1) is 5.82 Å². The zero-order chi connectivity index (χ0) is 13.8. The number of aromatic nitrogens is 2. The van der Waals surface area contributed by atoms with Gasteiger partial charge in [0.15, 0.2) is 18.2 Å². The second-order valence-corrected chi connectivity index (χ2v) is 4.23. The number of nitrogens with zero attached hydrogens (tertiary/aromatic N) is 2. The average molecular weight is 265 g/mol. The van der Waals surface area contributed by atoms with Crippen LogP contribution in [0.1, 0.15) is 37.2 Å². The molecule has 0 aliphatic heterocycles. The maximum absolute atomic E-state index is 13.7. The van der Waals surface area contributed by atoms with Crippen molar-refractivity contribution >= 4 is 0 Å². The third kappa shape index (κ3) is 3.29. The van der Waals surface area contributed by atoms with E-state index in [-0.39, 0.29) is 18.4 Å². The van der Waals surface area contributed by atoms with Crippen LogP contribution in [0.15, 0.2) is 22.7 Å². The van der Waals surface area contributed by atoms with Gasteiger partial charge < -0.3 is 15.0 Å². The Morgan fingerprint density at radius 2 is 2.26 bits per heavy atom. The van der Waals surface area contributed by atoms with Gasteiger partial charge >= 0.3 is 0 Å². The van der Waals surface area contributed by atoms with E-state index in [0.29, 0.717) is 18.1 Å². The van der Waals surface area contributed by atoms with Gasteiger partial charge in [0, 0.05) is 12.5 Å². The van der Waals surface area contributed by atoms with E-state index in [2.05, 4.69) is 10.1 Å². The summed E-state index contributed by atoms with van der Waals surface area (Å²) in [5.41, 5.74) is 6.40. The average Bonchev–Trinajstić information content (AvgIpc) is 2.85. The lowest BCUT2D eigenvalue weighted by Gasteiger charge is -2.09. The summed E-state index contributed by atoms with van der Waals surface area (Å²) >= 11 is 0. The summed E-state index contributed by atoms with van der Waals surface area (Å²) in [6.07, 6.45) is 0.657. The highest BCUT2D eigenvalue weighted by molar-refractivity contribution is 5.30. The Morgan fingerprint density at radius 1 is 1.47 bits per heavy atom. The van der Waals surface area contributed by atoms with Crippen molar-refractivity contribution in [1.82, 2.24) is 10.1 Å². The van der Waals surface area contributed by atoms with Crippen LogP contribution in [0.25, 0.3) is 0 Å². The summed E-state index contributed by atoms with van der Waals surface area (Å²) in [7, 11) is 0. The molecule has 1 aromatic heterocycles. The molecule has 0 bridgehead atoms. The number of hydrogen-bond donors (Lipinski definition) is 1. The Morgan fingerprint density at radius 3 is 2.84 bits per heavy atom. The SMILES string of the molecule is CCc1nc(COc2ccc(C(C)N)cc2F)no1. The minimum absolute atomic E-state index is 0.0674. The molecule has 0 aliphatic carbocycles. The molecule has 1 heterocycles. The maximum Gasteiger partial charge on any atom is 0.226 e. The Hall–Kier alpha value is -1.95. The Bertz CT molecular complexity index is 555. The van der Waals surface area contributed by atoms with Gasteiger partial charge in [-0.15, -0.1) is 0 Å². The highest BCUT2D eigenvalue weighted by Crippen LogP contribution is 2.21. The molecule has 6 heteroatoms. The van der Waals surface area contributed by atoms with E-state index in [1.165, 1.54) is 6.07 Å². The van der Waals surface area contributed by atoms with Gasteiger partial charge in [-0.05, 0) is 24.6 Å². The first-order valence-corrected chi connectivity index (χ1v) is 6.09. The van der Waals surface area contributed by atoms with Crippen molar-refractivity contribution in [2.75, 3.05) is 0 Å². The fourth-order valence-corrected chi connectivity index (χ4v) is 1.55. The summed E-state index contributed by atoms with van der Waals surface area (Å²) in [5.74, 6) is 0.625. The van der Waals surface area contributed by atoms with E-state index in [1.807, 2.05) is 6.92 Å². The third-order valence-electron chi connectivity index (χ3n) is 2.65. The van der Waals surface area contributed by atoms with Gasteiger partial charge in [0.1, 0.15) is 0 Å². The van der Waals surface area contributed by atoms with Crippen molar-refractivity contribution in [1.29, 1.82) is 0 Å². The number of rotatable bonds is 5. The van der Waals surface area contributed by atoms with Crippen molar-refractivity contribution in [3.63, 3.8) is 0 Å². The lowest BCUT2D eigenvalue weighted by atomic mass is 10.1. The highest BCUT2D eigenvalue weighted by atomic mass is 19.1. The molecule has 2 rings (SSSR count). The molecule has 2 N–H and O–H groups in total. The van der Waals surface area contributed by atoms with Crippen LogP contribution in [0.2, 0.25) is 0 Å². The van der Waals surface area contributed by atoms with E-state index in [1.54, 1.807) is 19.1 Å². The zero-order valence-corrected chi connectivity index (χ0v) is 10.9. The molecular weight excluding hydrogens is 249 g/mol. The summed E-state index contributed by atoms with van der Waals surface area (Å²) in [6, 6.07) is 4.44. The molecule has 0 saturated carbocycles. The van der Waals surface area contributed by atoms with E-state index < -0.39 is 5.82 Å². The van der Waals surface area contributed by atoms with Crippen molar-refractivity contribution in [2.24, 2.45) is 5.73 Å². The second kappa shape index (κ2) is 5.79. The van der Waals surface area contributed by atoms with Gasteiger partial charge in [-0.1, -0.05) is 18.1 Å². The third-order valence-corrected chi connectivity index (χ3v) is 2.65. The molecule has 102 valence electrons. The van der Waals surface area contributed by atoms with E-state index in [9.17, 15) is 4.39 Å². The maximum atomic E-state index is 13.7. The molecule has 0 fully saturated rings. The number of halogens is 1. The molecular formula is C13H16FN3O2. The Balaban J connectivity index is 2.03. The van der Waals surface area contributed by atoms with E-state index >= 15 is 0 Å². The first kappa shape index (κ1) is 13.5. The topological polar surface area (TPSA) is 74.2 Å². The smallest absolute Gasteiger partial charge is 0.226 e. The minimum atomic E-state index is -0.450. The van der Waals surface area contributed by atoms with Crippen LogP contribution in [0.5, 0.6) is 5.75 Å². The number of ether oxygens (including phenoxy) is 1. The summed E-state index contributed by atoms with van der Waals surface area (Å²) in [5, 5.41) is 3.72. The van der Waals surface area contributed by atoms with Crippen LogP contribution in [-0.4, -0.2) is 10.1 Å². The zero-order valence-electron chi connectivity index (χ0n) is 10.9. The molecule has 1 aromatic carbocycles. The predicted molar refractivity (Wildman–Crippen MR) is 67.0 cm³/mol. The molecule has 0 spiro atoms. The van der Waals surface area contributed by atoms with Gasteiger partial charge in [-0.3, -0.25) is 0 Å². The monoisotopic (exact) mass is 265 g/mol. The molecule has 2 aromatic rings. The van der Waals surface area contributed by atoms with E-state index in [4.69, 9.17) is 15.0 Å². The molecule has 0 radical (unpaired) electrons. The van der Waals surface area contributed by atoms with Gasteiger partial charge in [0.25, 0.3) is 0 Å². The summed E-state index contributed by atoms with van der Waals surface area (Å²) in [4.78, 5) is 4.07.